The van der Waals surface area contributed by atoms with Crippen LogP contribution < -0.4 is 5.32 Å². The fourth-order valence-electron chi connectivity index (χ4n) is 4.06. The summed E-state index contributed by atoms with van der Waals surface area (Å²) in [5.74, 6) is 1.05. The Labute approximate surface area is 173 Å². The number of nitrogens with one attached hydrogen (secondary N) is 1. The molecule has 1 aliphatic heterocycles. The van der Waals surface area contributed by atoms with E-state index in [1.807, 2.05) is 49.4 Å². The molecule has 1 saturated heterocycles. The summed E-state index contributed by atoms with van der Waals surface area (Å²) < 4.78 is 8.72. The van der Waals surface area contributed by atoms with Crippen molar-refractivity contribution >= 4 is 32.9 Å². The van der Waals surface area contributed by atoms with E-state index < -0.39 is 5.41 Å². The molecule has 0 unspecified atom stereocenters. The Kier molecular flexibility index (Phi) is 5.51. The maximum Gasteiger partial charge on any atom is 0.230 e. The largest absolute Gasteiger partial charge is 0.381 e. The first-order valence-corrected chi connectivity index (χ1v) is 10.4. The van der Waals surface area contributed by atoms with Crippen molar-refractivity contribution in [1.29, 1.82) is 0 Å². The van der Waals surface area contributed by atoms with Gasteiger partial charge in [-0.05, 0) is 49.6 Å². The Morgan fingerprint density at radius 3 is 2.64 bits per heavy atom. The number of carbonyl (C=O) groups excluding carboxylic acids is 1. The summed E-state index contributed by atoms with van der Waals surface area (Å²) in [6.07, 6.45) is 1.40. The van der Waals surface area contributed by atoms with E-state index in [9.17, 15) is 4.79 Å². The number of aryl methyl sites for hydroxylation is 1. The zero-order valence-electron chi connectivity index (χ0n) is 16.0. The molecule has 1 N–H and O–H groups in total. The molecule has 0 saturated carbocycles. The summed E-state index contributed by atoms with van der Waals surface area (Å²) in [6, 6.07) is 16.2. The van der Waals surface area contributed by atoms with Crippen LogP contribution in [0.25, 0.3) is 11.0 Å². The molecular weight excluding hydrogens is 418 g/mol. The first-order chi connectivity index (χ1) is 13.6. The molecule has 146 valence electrons. The molecule has 0 spiro atoms. The standard InChI is InChI=1S/C22H24BrN3O2/c1-16-25-19-4-2-3-5-20(19)26(16)13-12-24-21(27)22(10-14-28-15-11-22)17-6-8-18(23)9-7-17/h2-9H,10-15H2,1H3,(H,24,27). The van der Waals surface area contributed by atoms with Crippen LogP contribution >= 0.6 is 15.9 Å². The van der Waals surface area contributed by atoms with Crippen molar-refractivity contribution in [3.8, 4) is 0 Å². The third-order valence-electron chi connectivity index (χ3n) is 5.64. The molecule has 3 aromatic rings. The van der Waals surface area contributed by atoms with E-state index in [0.717, 1.165) is 26.9 Å². The van der Waals surface area contributed by atoms with Gasteiger partial charge in [0.1, 0.15) is 5.82 Å². The number of carbonyl (C=O) groups is 1. The van der Waals surface area contributed by atoms with Crippen molar-refractivity contribution in [3.05, 3.63) is 64.4 Å². The second-order valence-corrected chi connectivity index (χ2v) is 8.17. The van der Waals surface area contributed by atoms with Crippen LogP contribution in [0.5, 0.6) is 0 Å². The molecule has 5 nitrogen and oxygen atoms in total. The number of para-hydroxylation sites is 2. The second kappa shape index (κ2) is 8.05. The molecule has 0 radical (unpaired) electrons. The van der Waals surface area contributed by atoms with E-state index in [2.05, 4.69) is 36.9 Å². The zero-order valence-corrected chi connectivity index (χ0v) is 17.5. The van der Waals surface area contributed by atoms with Gasteiger partial charge in [-0.3, -0.25) is 4.79 Å². The van der Waals surface area contributed by atoms with E-state index in [1.165, 1.54) is 0 Å². The molecule has 4 rings (SSSR count). The fraction of sp³-hybridized carbons (Fsp3) is 0.364. The van der Waals surface area contributed by atoms with Crippen LogP contribution in [-0.2, 0) is 21.5 Å². The zero-order chi connectivity index (χ0) is 19.6. The van der Waals surface area contributed by atoms with Gasteiger partial charge in [-0.25, -0.2) is 4.98 Å². The van der Waals surface area contributed by atoms with Gasteiger partial charge in [0.2, 0.25) is 5.91 Å². The minimum absolute atomic E-state index is 0.0835. The highest BCUT2D eigenvalue weighted by atomic mass is 79.9. The predicted octanol–water partition coefficient (Wildman–Crippen LogP) is 3.97. The van der Waals surface area contributed by atoms with Gasteiger partial charge < -0.3 is 14.6 Å². The van der Waals surface area contributed by atoms with Crippen molar-refractivity contribution in [2.75, 3.05) is 19.8 Å². The molecule has 0 bridgehead atoms. The Balaban J connectivity index is 1.50. The van der Waals surface area contributed by atoms with Gasteiger partial charge in [-0.1, -0.05) is 40.2 Å². The molecule has 1 aromatic heterocycles. The summed E-state index contributed by atoms with van der Waals surface area (Å²) >= 11 is 3.48. The lowest BCUT2D eigenvalue weighted by Crippen LogP contribution is -2.48. The summed E-state index contributed by atoms with van der Waals surface area (Å²) in [7, 11) is 0. The van der Waals surface area contributed by atoms with Gasteiger partial charge in [0.25, 0.3) is 0 Å². The minimum Gasteiger partial charge on any atom is -0.381 e. The number of halogens is 1. The number of rotatable bonds is 5. The van der Waals surface area contributed by atoms with Crippen molar-refractivity contribution in [2.45, 2.75) is 31.7 Å². The van der Waals surface area contributed by atoms with Gasteiger partial charge in [-0.2, -0.15) is 0 Å². The molecular formula is C22H24BrN3O2. The van der Waals surface area contributed by atoms with Crippen molar-refractivity contribution < 1.29 is 9.53 Å². The average molecular weight is 442 g/mol. The van der Waals surface area contributed by atoms with E-state index in [1.54, 1.807) is 0 Å². The van der Waals surface area contributed by atoms with Crippen LogP contribution in [-0.4, -0.2) is 35.2 Å². The highest BCUT2D eigenvalue weighted by Gasteiger charge is 2.41. The smallest absolute Gasteiger partial charge is 0.230 e. The molecule has 2 heterocycles. The van der Waals surface area contributed by atoms with Gasteiger partial charge in [0.05, 0.1) is 16.4 Å². The van der Waals surface area contributed by atoms with Crippen LogP contribution in [0.1, 0.15) is 24.2 Å². The van der Waals surface area contributed by atoms with Gasteiger partial charge >= 0.3 is 0 Å². The van der Waals surface area contributed by atoms with Gasteiger partial charge in [0.15, 0.2) is 0 Å². The molecule has 0 aliphatic carbocycles. The molecule has 1 amide bonds. The maximum absolute atomic E-state index is 13.3. The summed E-state index contributed by atoms with van der Waals surface area (Å²) in [4.78, 5) is 17.9. The summed E-state index contributed by atoms with van der Waals surface area (Å²) in [5.41, 5.74) is 2.62. The highest BCUT2D eigenvalue weighted by molar-refractivity contribution is 9.10. The Hall–Kier alpha value is -2.18. The number of benzene rings is 2. The first kappa shape index (κ1) is 19.2. The monoisotopic (exact) mass is 441 g/mol. The van der Waals surface area contributed by atoms with Crippen LogP contribution in [0.3, 0.4) is 0 Å². The average Bonchev–Trinajstić information content (AvgIpc) is 3.04. The quantitative estimate of drug-likeness (QED) is 0.651. The topological polar surface area (TPSA) is 56.2 Å². The number of hydrogen-bond acceptors (Lipinski definition) is 3. The third kappa shape index (κ3) is 3.59. The number of aromatic nitrogens is 2. The Morgan fingerprint density at radius 2 is 1.89 bits per heavy atom. The molecule has 28 heavy (non-hydrogen) atoms. The molecule has 1 fully saturated rings. The molecule has 6 heteroatoms. The predicted molar refractivity (Wildman–Crippen MR) is 113 cm³/mol. The number of nitrogens with zero attached hydrogens (tertiary/aromatic N) is 2. The first-order valence-electron chi connectivity index (χ1n) is 9.64. The van der Waals surface area contributed by atoms with E-state index >= 15 is 0 Å². The van der Waals surface area contributed by atoms with E-state index in [-0.39, 0.29) is 5.91 Å². The van der Waals surface area contributed by atoms with E-state index in [0.29, 0.717) is 39.1 Å². The molecule has 1 aliphatic rings. The number of ether oxygens (including phenoxy) is 1. The molecule has 0 atom stereocenters. The highest BCUT2D eigenvalue weighted by Crippen LogP contribution is 2.35. The third-order valence-corrected chi connectivity index (χ3v) is 6.17. The van der Waals surface area contributed by atoms with Crippen LogP contribution in [0, 0.1) is 6.92 Å². The minimum atomic E-state index is -0.523. The van der Waals surface area contributed by atoms with Gasteiger partial charge in [0, 0.05) is 30.8 Å². The van der Waals surface area contributed by atoms with Gasteiger partial charge in [-0.15, -0.1) is 0 Å². The van der Waals surface area contributed by atoms with E-state index in [4.69, 9.17) is 4.74 Å². The SMILES string of the molecule is Cc1nc2ccccc2n1CCNC(=O)C1(c2ccc(Br)cc2)CCOCC1. The number of hydrogen-bond donors (Lipinski definition) is 1. The van der Waals surface area contributed by atoms with Crippen molar-refractivity contribution in [3.63, 3.8) is 0 Å². The van der Waals surface area contributed by atoms with Crippen molar-refractivity contribution in [1.82, 2.24) is 14.9 Å². The van der Waals surface area contributed by atoms with Crippen LogP contribution in [0.2, 0.25) is 0 Å². The Morgan fingerprint density at radius 1 is 1.18 bits per heavy atom. The maximum atomic E-state index is 13.3. The van der Waals surface area contributed by atoms with Crippen LogP contribution in [0.15, 0.2) is 53.0 Å². The molecule has 2 aromatic carbocycles. The second-order valence-electron chi connectivity index (χ2n) is 7.26. The lowest BCUT2D eigenvalue weighted by molar-refractivity contribution is -0.130. The summed E-state index contributed by atoms with van der Waals surface area (Å²) in [6.45, 7) is 4.48. The number of fused-ring (bicyclic) bond motifs is 1. The lowest BCUT2D eigenvalue weighted by Gasteiger charge is -2.36. The van der Waals surface area contributed by atoms with Crippen LogP contribution in [0.4, 0.5) is 0 Å². The Bertz CT molecular complexity index is 975. The number of imidazole rings is 1. The summed E-state index contributed by atoms with van der Waals surface area (Å²) in [5, 5.41) is 3.18. The van der Waals surface area contributed by atoms with Crippen molar-refractivity contribution in [2.24, 2.45) is 0 Å². The normalized spacial score (nSPS) is 16.2. The lowest BCUT2D eigenvalue weighted by atomic mass is 9.73. The number of amides is 1. The fourth-order valence-corrected chi connectivity index (χ4v) is 4.33.